The number of benzene rings is 1. The van der Waals surface area contributed by atoms with Gasteiger partial charge in [0.05, 0.1) is 26.3 Å². The summed E-state index contributed by atoms with van der Waals surface area (Å²) in [6.45, 7) is 0.164. The molecule has 1 atom stereocenters. The molecule has 1 heterocycles. The second-order valence-corrected chi connectivity index (χ2v) is 5.78. The van der Waals surface area contributed by atoms with Crippen LogP contribution in [0.5, 0.6) is 11.5 Å². The van der Waals surface area contributed by atoms with Crippen LogP contribution in [0.2, 0.25) is 0 Å². The van der Waals surface area contributed by atoms with Crippen molar-refractivity contribution >= 4 is 5.91 Å². The third-order valence-electron chi connectivity index (χ3n) is 3.98. The van der Waals surface area contributed by atoms with Crippen molar-refractivity contribution in [3.8, 4) is 11.5 Å². The Labute approximate surface area is 138 Å². The Kier molecular flexibility index (Phi) is 5.93. The number of ether oxygens (including phenoxy) is 2. The van der Waals surface area contributed by atoms with E-state index in [0.29, 0.717) is 43.1 Å². The SMILES string of the molecule is COc1ccc(C(=O)NC[C@@H]2CCN(CC(F)(F)F)C2)c(OC)c1. The summed E-state index contributed by atoms with van der Waals surface area (Å²) in [5.41, 5.74) is 0.364. The topological polar surface area (TPSA) is 50.8 Å². The molecule has 5 nitrogen and oxygen atoms in total. The lowest BCUT2D eigenvalue weighted by Gasteiger charge is -2.18. The van der Waals surface area contributed by atoms with E-state index < -0.39 is 12.7 Å². The summed E-state index contributed by atoms with van der Waals surface area (Å²) >= 11 is 0. The first kappa shape index (κ1) is 18.4. The maximum Gasteiger partial charge on any atom is 0.401 e. The zero-order chi connectivity index (χ0) is 17.7. The van der Waals surface area contributed by atoms with Crippen LogP contribution in [0.4, 0.5) is 13.2 Å². The molecular formula is C16H21F3N2O3. The van der Waals surface area contributed by atoms with Gasteiger partial charge >= 0.3 is 6.18 Å². The van der Waals surface area contributed by atoms with Gasteiger partial charge in [-0.25, -0.2) is 0 Å². The van der Waals surface area contributed by atoms with E-state index in [1.165, 1.54) is 19.1 Å². The third-order valence-corrected chi connectivity index (χ3v) is 3.98. The van der Waals surface area contributed by atoms with E-state index in [1.807, 2.05) is 0 Å². The number of carbonyl (C=O) groups is 1. The van der Waals surface area contributed by atoms with Crippen LogP contribution >= 0.6 is 0 Å². The van der Waals surface area contributed by atoms with Crippen LogP contribution in [0.25, 0.3) is 0 Å². The number of methoxy groups -OCH3 is 2. The first-order valence-corrected chi connectivity index (χ1v) is 7.61. The van der Waals surface area contributed by atoms with Crippen LogP contribution in [0.1, 0.15) is 16.8 Å². The van der Waals surface area contributed by atoms with Gasteiger partial charge in [-0.2, -0.15) is 13.2 Å². The number of nitrogens with one attached hydrogen (secondary N) is 1. The lowest BCUT2D eigenvalue weighted by molar-refractivity contribution is -0.143. The molecule has 1 aliphatic heterocycles. The molecule has 1 amide bonds. The summed E-state index contributed by atoms with van der Waals surface area (Å²) in [7, 11) is 2.97. The summed E-state index contributed by atoms with van der Waals surface area (Å²) in [4.78, 5) is 13.6. The summed E-state index contributed by atoms with van der Waals surface area (Å²) in [5, 5.41) is 2.77. The molecule has 0 unspecified atom stereocenters. The largest absolute Gasteiger partial charge is 0.497 e. The van der Waals surface area contributed by atoms with Crippen molar-refractivity contribution in [3.05, 3.63) is 23.8 Å². The minimum absolute atomic E-state index is 0.0144. The smallest absolute Gasteiger partial charge is 0.401 e. The Morgan fingerprint density at radius 2 is 2.08 bits per heavy atom. The van der Waals surface area contributed by atoms with E-state index in [2.05, 4.69) is 5.32 Å². The van der Waals surface area contributed by atoms with Crippen LogP contribution in [0.3, 0.4) is 0 Å². The molecule has 1 N–H and O–H groups in total. The van der Waals surface area contributed by atoms with E-state index in [4.69, 9.17) is 9.47 Å². The van der Waals surface area contributed by atoms with E-state index in [1.54, 1.807) is 18.2 Å². The highest BCUT2D eigenvalue weighted by atomic mass is 19.4. The lowest BCUT2D eigenvalue weighted by Crippen LogP contribution is -2.34. The second kappa shape index (κ2) is 7.74. The molecule has 1 aliphatic rings. The molecular weight excluding hydrogens is 325 g/mol. The molecule has 2 rings (SSSR count). The van der Waals surface area contributed by atoms with Gasteiger partial charge in [0.25, 0.3) is 5.91 Å². The van der Waals surface area contributed by atoms with E-state index in [0.717, 1.165) is 0 Å². The quantitative estimate of drug-likeness (QED) is 0.859. The van der Waals surface area contributed by atoms with Gasteiger partial charge in [-0.15, -0.1) is 0 Å². The number of hydrogen-bond donors (Lipinski definition) is 1. The predicted molar refractivity (Wildman–Crippen MR) is 82.5 cm³/mol. The molecule has 0 saturated carbocycles. The van der Waals surface area contributed by atoms with Crippen LogP contribution in [0.15, 0.2) is 18.2 Å². The molecule has 1 fully saturated rings. The normalized spacial score (nSPS) is 18.5. The highest BCUT2D eigenvalue weighted by molar-refractivity contribution is 5.97. The van der Waals surface area contributed by atoms with Gasteiger partial charge < -0.3 is 14.8 Å². The zero-order valence-electron chi connectivity index (χ0n) is 13.7. The maximum atomic E-state index is 12.4. The van der Waals surface area contributed by atoms with E-state index >= 15 is 0 Å². The molecule has 1 aromatic carbocycles. The Morgan fingerprint density at radius 3 is 2.71 bits per heavy atom. The van der Waals surface area contributed by atoms with Gasteiger partial charge in [-0.1, -0.05) is 0 Å². The molecule has 1 aromatic rings. The number of amides is 1. The molecule has 24 heavy (non-hydrogen) atoms. The van der Waals surface area contributed by atoms with E-state index in [9.17, 15) is 18.0 Å². The lowest BCUT2D eigenvalue weighted by atomic mass is 10.1. The highest BCUT2D eigenvalue weighted by Crippen LogP contribution is 2.25. The predicted octanol–water partition coefficient (Wildman–Crippen LogP) is 2.32. The Hall–Kier alpha value is -1.96. The zero-order valence-corrected chi connectivity index (χ0v) is 13.7. The van der Waals surface area contributed by atoms with Gasteiger partial charge in [0, 0.05) is 19.2 Å². The number of alkyl halides is 3. The number of carbonyl (C=O) groups excluding carboxylic acids is 1. The van der Waals surface area contributed by atoms with Crippen molar-refractivity contribution in [1.29, 1.82) is 0 Å². The van der Waals surface area contributed by atoms with Crippen molar-refractivity contribution < 1.29 is 27.4 Å². The van der Waals surface area contributed by atoms with Gasteiger partial charge in [0.1, 0.15) is 11.5 Å². The van der Waals surface area contributed by atoms with Crippen LogP contribution < -0.4 is 14.8 Å². The number of rotatable bonds is 6. The molecule has 0 spiro atoms. The molecule has 8 heteroatoms. The molecule has 134 valence electrons. The van der Waals surface area contributed by atoms with Gasteiger partial charge in [-0.05, 0) is 31.0 Å². The molecule has 0 bridgehead atoms. The average molecular weight is 346 g/mol. The standard InChI is InChI=1S/C16H21F3N2O3/c1-23-12-3-4-13(14(7-12)24-2)15(22)20-8-11-5-6-21(9-11)10-16(17,18)19/h3-4,7,11H,5-6,8-10H2,1-2H3,(H,20,22)/t11-/m0/s1. The minimum atomic E-state index is -4.19. The summed E-state index contributed by atoms with van der Waals surface area (Å²) < 4.78 is 47.4. The summed E-state index contributed by atoms with van der Waals surface area (Å²) in [6, 6.07) is 4.85. The third kappa shape index (κ3) is 5.02. The van der Waals surface area contributed by atoms with Crippen LogP contribution in [0, 0.1) is 5.92 Å². The average Bonchev–Trinajstić information content (AvgIpc) is 2.97. The van der Waals surface area contributed by atoms with Crippen LogP contribution in [-0.4, -0.2) is 57.4 Å². The molecule has 1 saturated heterocycles. The summed E-state index contributed by atoms with van der Waals surface area (Å²) in [6.07, 6.45) is -3.55. The minimum Gasteiger partial charge on any atom is -0.497 e. The number of nitrogens with zero attached hydrogens (tertiary/aromatic N) is 1. The van der Waals surface area contributed by atoms with E-state index in [-0.39, 0.29) is 11.8 Å². The fourth-order valence-corrected chi connectivity index (χ4v) is 2.79. The number of likely N-dealkylation sites (tertiary alicyclic amines) is 1. The van der Waals surface area contributed by atoms with Crippen molar-refractivity contribution in [1.82, 2.24) is 10.2 Å². The Balaban J connectivity index is 1.88. The monoisotopic (exact) mass is 346 g/mol. The second-order valence-electron chi connectivity index (χ2n) is 5.78. The maximum absolute atomic E-state index is 12.4. The van der Waals surface area contributed by atoms with Crippen molar-refractivity contribution in [2.24, 2.45) is 5.92 Å². The molecule has 0 aliphatic carbocycles. The first-order valence-electron chi connectivity index (χ1n) is 7.61. The van der Waals surface area contributed by atoms with Gasteiger partial charge in [0.15, 0.2) is 0 Å². The summed E-state index contributed by atoms with van der Waals surface area (Å²) in [5.74, 6) is 0.656. The molecule has 0 radical (unpaired) electrons. The first-order chi connectivity index (χ1) is 11.3. The Bertz CT molecular complexity index is 578. The number of halogens is 3. The van der Waals surface area contributed by atoms with Gasteiger partial charge in [-0.3, -0.25) is 9.69 Å². The fraction of sp³-hybridized carbons (Fsp3) is 0.562. The molecule has 0 aromatic heterocycles. The van der Waals surface area contributed by atoms with Crippen molar-refractivity contribution in [3.63, 3.8) is 0 Å². The van der Waals surface area contributed by atoms with Crippen LogP contribution in [-0.2, 0) is 0 Å². The highest BCUT2D eigenvalue weighted by Gasteiger charge is 2.34. The van der Waals surface area contributed by atoms with Crippen molar-refractivity contribution in [2.75, 3.05) is 40.4 Å². The van der Waals surface area contributed by atoms with Crippen molar-refractivity contribution in [2.45, 2.75) is 12.6 Å². The Morgan fingerprint density at radius 1 is 1.33 bits per heavy atom. The fourth-order valence-electron chi connectivity index (χ4n) is 2.79. The number of hydrogen-bond acceptors (Lipinski definition) is 4. The van der Waals surface area contributed by atoms with Gasteiger partial charge in [0.2, 0.25) is 0 Å².